The molecule has 0 bridgehead atoms. The van der Waals surface area contributed by atoms with Crippen molar-refractivity contribution in [1.82, 2.24) is 4.98 Å². The topological polar surface area (TPSA) is 68.4 Å². The van der Waals surface area contributed by atoms with Crippen LogP contribution in [-0.2, 0) is 22.4 Å². The first kappa shape index (κ1) is 13.9. The Hall–Kier alpha value is -2.08. The normalized spacial score (nSPS) is 12.4. The number of thiazole rings is 1. The highest BCUT2D eigenvalue weighted by molar-refractivity contribution is 7.09. The van der Waals surface area contributed by atoms with E-state index in [4.69, 9.17) is 9.47 Å². The SMILES string of the molecule is CCOC(=O)COc1cccc2c1CCc1sc(=O)[nH]c1-2. The third kappa shape index (κ3) is 2.71. The van der Waals surface area contributed by atoms with Crippen molar-refractivity contribution in [3.05, 3.63) is 38.3 Å². The predicted molar refractivity (Wildman–Crippen MR) is 79.9 cm³/mol. The molecule has 1 heterocycles. The average molecular weight is 305 g/mol. The lowest BCUT2D eigenvalue weighted by atomic mass is 9.93. The van der Waals surface area contributed by atoms with Gasteiger partial charge in [0.05, 0.1) is 12.3 Å². The quantitative estimate of drug-likeness (QED) is 0.879. The highest BCUT2D eigenvalue weighted by atomic mass is 32.1. The summed E-state index contributed by atoms with van der Waals surface area (Å²) in [5.74, 6) is 0.300. The molecule has 2 aromatic rings. The zero-order valence-electron chi connectivity index (χ0n) is 11.6. The second-order valence-electron chi connectivity index (χ2n) is 4.69. The van der Waals surface area contributed by atoms with Crippen molar-refractivity contribution in [2.45, 2.75) is 19.8 Å². The number of carbonyl (C=O) groups is 1. The molecule has 0 amide bonds. The standard InChI is InChI=1S/C15H15NO4S/c1-2-19-13(17)8-20-11-5-3-4-10-9(11)6-7-12-14(10)16-15(18)21-12/h3-5H,2,6-8H2,1H3,(H,16,18). The van der Waals surface area contributed by atoms with E-state index in [0.717, 1.165) is 34.5 Å². The second kappa shape index (κ2) is 5.73. The molecular formula is C15H15NO4S. The zero-order valence-corrected chi connectivity index (χ0v) is 12.4. The lowest BCUT2D eigenvalue weighted by molar-refractivity contribution is -0.145. The van der Waals surface area contributed by atoms with E-state index < -0.39 is 0 Å². The number of esters is 1. The van der Waals surface area contributed by atoms with Gasteiger partial charge in [0.15, 0.2) is 6.61 Å². The Morgan fingerprint density at radius 2 is 2.24 bits per heavy atom. The summed E-state index contributed by atoms with van der Waals surface area (Å²) in [4.78, 5) is 26.8. The summed E-state index contributed by atoms with van der Waals surface area (Å²) in [6.07, 6.45) is 1.61. The van der Waals surface area contributed by atoms with Crippen LogP contribution in [0, 0.1) is 0 Å². The van der Waals surface area contributed by atoms with Crippen LogP contribution in [-0.4, -0.2) is 24.2 Å². The van der Waals surface area contributed by atoms with Gasteiger partial charge < -0.3 is 14.5 Å². The van der Waals surface area contributed by atoms with Gasteiger partial charge in [-0.2, -0.15) is 0 Å². The van der Waals surface area contributed by atoms with Crippen LogP contribution in [0.25, 0.3) is 11.3 Å². The molecule has 0 unspecified atom stereocenters. The van der Waals surface area contributed by atoms with Gasteiger partial charge in [0, 0.05) is 16.0 Å². The summed E-state index contributed by atoms with van der Waals surface area (Å²) < 4.78 is 10.4. The van der Waals surface area contributed by atoms with E-state index in [0.29, 0.717) is 12.4 Å². The molecule has 1 N–H and O–H groups in total. The lowest BCUT2D eigenvalue weighted by Crippen LogP contribution is -2.16. The van der Waals surface area contributed by atoms with E-state index >= 15 is 0 Å². The molecule has 0 spiro atoms. The van der Waals surface area contributed by atoms with Crippen molar-refractivity contribution in [2.75, 3.05) is 13.2 Å². The van der Waals surface area contributed by atoms with Crippen LogP contribution in [0.4, 0.5) is 0 Å². The highest BCUT2D eigenvalue weighted by Crippen LogP contribution is 2.37. The third-order valence-electron chi connectivity index (χ3n) is 3.38. The average Bonchev–Trinajstić information content (AvgIpc) is 2.86. The highest BCUT2D eigenvalue weighted by Gasteiger charge is 2.22. The Morgan fingerprint density at radius 1 is 1.38 bits per heavy atom. The van der Waals surface area contributed by atoms with Gasteiger partial charge in [0.25, 0.3) is 0 Å². The molecule has 0 aliphatic heterocycles. The van der Waals surface area contributed by atoms with Gasteiger partial charge in [0.1, 0.15) is 5.75 Å². The first-order valence-corrected chi connectivity index (χ1v) is 7.63. The molecule has 0 saturated heterocycles. The maximum Gasteiger partial charge on any atom is 0.344 e. The molecule has 3 rings (SSSR count). The number of aromatic amines is 1. The van der Waals surface area contributed by atoms with Gasteiger partial charge in [-0.15, -0.1) is 0 Å². The summed E-state index contributed by atoms with van der Waals surface area (Å²) in [6.45, 7) is 2.00. The minimum atomic E-state index is -0.379. The van der Waals surface area contributed by atoms with E-state index in [1.165, 1.54) is 11.3 Å². The van der Waals surface area contributed by atoms with E-state index in [2.05, 4.69) is 4.98 Å². The van der Waals surface area contributed by atoms with E-state index in [1.54, 1.807) is 6.92 Å². The maximum absolute atomic E-state index is 11.5. The van der Waals surface area contributed by atoms with Crippen LogP contribution in [0.2, 0.25) is 0 Å². The van der Waals surface area contributed by atoms with Gasteiger partial charge >= 0.3 is 10.8 Å². The van der Waals surface area contributed by atoms with Crippen molar-refractivity contribution >= 4 is 17.3 Å². The van der Waals surface area contributed by atoms with Crippen LogP contribution in [0.1, 0.15) is 17.4 Å². The van der Waals surface area contributed by atoms with Gasteiger partial charge in [-0.3, -0.25) is 4.79 Å². The second-order valence-corrected chi connectivity index (χ2v) is 5.76. The Morgan fingerprint density at radius 3 is 3.05 bits per heavy atom. The monoisotopic (exact) mass is 305 g/mol. The molecule has 0 fully saturated rings. The van der Waals surface area contributed by atoms with E-state index in [9.17, 15) is 9.59 Å². The molecule has 5 nitrogen and oxygen atoms in total. The summed E-state index contributed by atoms with van der Waals surface area (Å²) in [6, 6.07) is 5.67. The fourth-order valence-corrected chi connectivity index (χ4v) is 3.37. The van der Waals surface area contributed by atoms with Crippen LogP contribution >= 0.6 is 11.3 Å². The third-order valence-corrected chi connectivity index (χ3v) is 4.32. The fraction of sp³-hybridized carbons (Fsp3) is 0.333. The summed E-state index contributed by atoms with van der Waals surface area (Å²) in [7, 11) is 0. The molecule has 1 aliphatic rings. The molecule has 1 aromatic heterocycles. The van der Waals surface area contributed by atoms with Crippen molar-refractivity contribution < 1.29 is 14.3 Å². The van der Waals surface area contributed by atoms with E-state index in [-0.39, 0.29) is 17.4 Å². The number of H-pyrrole nitrogens is 1. The Labute approximate surface area is 125 Å². The number of benzene rings is 1. The van der Waals surface area contributed by atoms with Crippen molar-refractivity contribution in [2.24, 2.45) is 0 Å². The largest absolute Gasteiger partial charge is 0.482 e. The molecule has 0 saturated carbocycles. The lowest BCUT2D eigenvalue weighted by Gasteiger charge is -2.19. The molecular weight excluding hydrogens is 290 g/mol. The number of rotatable bonds is 4. The van der Waals surface area contributed by atoms with Crippen LogP contribution < -0.4 is 9.61 Å². The molecule has 21 heavy (non-hydrogen) atoms. The summed E-state index contributed by atoms with van der Waals surface area (Å²) in [5.41, 5.74) is 2.90. The number of hydrogen-bond acceptors (Lipinski definition) is 5. The minimum absolute atomic E-state index is 0.0364. The van der Waals surface area contributed by atoms with Gasteiger partial charge in [-0.25, -0.2) is 4.79 Å². The minimum Gasteiger partial charge on any atom is -0.482 e. The zero-order chi connectivity index (χ0) is 14.8. The van der Waals surface area contributed by atoms with Gasteiger partial charge in [0.2, 0.25) is 0 Å². The number of hydrogen-bond donors (Lipinski definition) is 1. The molecule has 110 valence electrons. The van der Waals surface area contributed by atoms with E-state index in [1.807, 2.05) is 18.2 Å². The molecule has 0 atom stereocenters. The number of aryl methyl sites for hydroxylation is 1. The first-order chi connectivity index (χ1) is 10.2. The molecule has 1 aliphatic carbocycles. The van der Waals surface area contributed by atoms with Crippen LogP contribution in [0.15, 0.2) is 23.0 Å². The van der Waals surface area contributed by atoms with Crippen LogP contribution in [0.3, 0.4) is 0 Å². The summed E-state index contributed by atoms with van der Waals surface area (Å²) in [5, 5.41) is 0. The number of ether oxygens (including phenoxy) is 2. The van der Waals surface area contributed by atoms with Crippen molar-refractivity contribution in [3.8, 4) is 17.0 Å². The maximum atomic E-state index is 11.5. The Kier molecular flexibility index (Phi) is 3.79. The first-order valence-electron chi connectivity index (χ1n) is 6.81. The predicted octanol–water partition coefficient (Wildman–Crippen LogP) is 2.14. The Bertz CT molecular complexity index is 732. The number of aromatic nitrogens is 1. The molecule has 6 heteroatoms. The number of carbonyl (C=O) groups excluding carboxylic acids is 1. The molecule has 1 aromatic carbocycles. The van der Waals surface area contributed by atoms with Crippen molar-refractivity contribution in [1.29, 1.82) is 0 Å². The van der Waals surface area contributed by atoms with Gasteiger partial charge in [-0.05, 0) is 25.8 Å². The van der Waals surface area contributed by atoms with Crippen LogP contribution in [0.5, 0.6) is 5.75 Å². The molecule has 0 radical (unpaired) electrons. The van der Waals surface area contributed by atoms with Crippen molar-refractivity contribution in [3.63, 3.8) is 0 Å². The fourth-order valence-electron chi connectivity index (χ4n) is 2.52. The van der Waals surface area contributed by atoms with Gasteiger partial charge in [-0.1, -0.05) is 23.5 Å². The number of nitrogens with one attached hydrogen (secondary N) is 1. The Balaban J connectivity index is 1.89. The smallest absolute Gasteiger partial charge is 0.344 e. The number of fused-ring (bicyclic) bond motifs is 3. The summed E-state index contributed by atoms with van der Waals surface area (Å²) >= 11 is 1.26.